The molecule has 0 spiro atoms. The molecule has 4 N–H and O–H groups in total. The number of hydrogen-bond acceptors (Lipinski definition) is 6. The van der Waals surface area contributed by atoms with Crippen LogP contribution in [-0.4, -0.2) is 26.9 Å². The fourth-order valence-corrected chi connectivity index (χ4v) is 3.49. The van der Waals surface area contributed by atoms with E-state index in [-0.39, 0.29) is 29.5 Å². The first-order chi connectivity index (χ1) is 17.0. The molecule has 3 aromatic heterocycles. The molecule has 4 heterocycles. The summed E-state index contributed by atoms with van der Waals surface area (Å²) in [7, 11) is 0. The van der Waals surface area contributed by atoms with Gasteiger partial charge in [-0.15, -0.1) is 0 Å². The second kappa shape index (κ2) is 9.06. The van der Waals surface area contributed by atoms with Crippen LogP contribution in [0.2, 0.25) is 0 Å². The number of nitrogens with zero attached hydrogens (tertiary/aromatic N) is 2. The van der Waals surface area contributed by atoms with E-state index >= 15 is 0 Å². The molecule has 0 bridgehead atoms. The van der Waals surface area contributed by atoms with Crippen molar-refractivity contribution in [2.45, 2.75) is 6.54 Å². The third kappa shape index (κ3) is 4.55. The number of halogens is 1. The summed E-state index contributed by atoms with van der Waals surface area (Å²) in [5.41, 5.74) is 0.781. The van der Waals surface area contributed by atoms with Gasteiger partial charge in [0.2, 0.25) is 5.43 Å². The van der Waals surface area contributed by atoms with Crippen molar-refractivity contribution in [1.82, 2.24) is 20.3 Å². The summed E-state index contributed by atoms with van der Waals surface area (Å²) in [4.78, 5) is 48.1. The molecular formula is C24H17FN6O4. The molecule has 0 unspecified atom stereocenters. The van der Waals surface area contributed by atoms with Crippen LogP contribution in [0.5, 0.6) is 11.5 Å². The molecule has 0 atom stereocenters. The Labute approximate surface area is 197 Å². The average Bonchev–Trinajstić information content (AvgIpc) is 2.86. The van der Waals surface area contributed by atoms with Crippen molar-refractivity contribution in [3.05, 3.63) is 94.4 Å². The van der Waals surface area contributed by atoms with Gasteiger partial charge in [0.1, 0.15) is 34.5 Å². The summed E-state index contributed by atoms with van der Waals surface area (Å²) in [6, 6.07) is 9.85. The van der Waals surface area contributed by atoms with Gasteiger partial charge in [0.25, 0.3) is 5.91 Å². The van der Waals surface area contributed by atoms with Crippen LogP contribution in [0.15, 0.2) is 72.0 Å². The molecular weight excluding hydrogens is 455 g/mol. The van der Waals surface area contributed by atoms with Gasteiger partial charge < -0.3 is 20.4 Å². The Morgan fingerprint density at radius 1 is 1.03 bits per heavy atom. The highest BCUT2D eigenvalue weighted by molar-refractivity contribution is 6.04. The number of carbonyl (C=O) groups excluding carboxylic acids is 2. The quantitative estimate of drug-likeness (QED) is 0.350. The Balaban J connectivity index is 1.31. The number of urea groups is 1. The first-order valence-electron chi connectivity index (χ1n) is 10.4. The standard InChI is InChI=1S/C24H17FN6O4/c25-14-3-1-13(2-4-14)16-10-26-11-18(21(16)32)23(33)30-20-6-5-15(9-28-20)35-19-7-8-27-22-17(19)12-29-24(34)31-22/h1-11H,12H2,(H,26,32)(H,28,30,33)(H2,27,29,31,34). The summed E-state index contributed by atoms with van der Waals surface area (Å²) in [5, 5.41) is 7.84. The average molecular weight is 472 g/mol. The minimum absolute atomic E-state index is 0.119. The zero-order valence-corrected chi connectivity index (χ0v) is 18.0. The van der Waals surface area contributed by atoms with E-state index < -0.39 is 17.2 Å². The molecule has 10 nitrogen and oxygen atoms in total. The number of aromatic amines is 1. The van der Waals surface area contributed by atoms with Crippen LogP contribution in [0.4, 0.5) is 20.8 Å². The van der Waals surface area contributed by atoms with Crippen LogP contribution < -0.4 is 26.1 Å². The van der Waals surface area contributed by atoms with E-state index in [0.717, 1.165) is 0 Å². The second-order valence-corrected chi connectivity index (χ2v) is 7.50. The molecule has 11 heteroatoms. The van der Waals surface area contributed by atoms with E-state index in [1.165, 1.54) is 55.1 Å². The molecule has 4 aromatic rings. The van der Waals surface area contributed by atoms with Crippen molar-refractivity contribution in [3.8, 4) is 22.6 Å². The SMILES string of the molecule is O=C1NCc2c(Oc3ccc(NC(=O)c4c[nH]cc(-c5ccc(F)cc5)c4=O)nc3)ccnc2N1. The maximum Gasteiger partial charge on any atom is 0.320 e. The van der Waals surface area contributed by atoms with Crippen molar-refractivity contribution in [2.24, 2.45) is 0 Å². The van der Waals surface area contributed by atoms with Gasteiger partial charge in [-0.2, -0.15) is 0 Å². The van der Waals surface area contributed by atoms with Crippen molar-refractivity contribution >= 4 is 23.6 Å². The number of hydrogen-bond donors (Lipinski definition) is 4. The molecule has 1 aliphatic rings. The predicted octanol–water partition coefficient (Wildman–Crippen LogP) is 3.65. The van der Waals surface area contributed by atoms with E-state index in [9.17, 15) is 18.8 Å². The number of benzene rings is 1. The lowest BCUT2D eigenvalue weighted by molar-refractivity contribution is 0.102. The number of fused-ring (bicyclic) bond motifs is 1. The Kier molecular flexibility index (Phi) is 5.63. The van der Waals surface area contributed by atoms with Gasteiger partial charge in [0.15, 0.2) is 0 Å². The number of H-pyrrole nitrogens is 1. The summed E-state index contributed by atoms with van der Waals surface area (Å²) in [6.45, 7) is 0.261. The van der Waals surface area contributed by atoms with Gasteiger partial charge in [-0.1, -0.05) is 12.1 Å². The minimum atomic E-state index is -0.651. The summed E-state index contributed by atoms with van der Waals surface area (Å²) >= 11 is 0. The van der Waals surface area contributed by atoms with E-state index in [0.29, 0.717) is 28.4 Å². The second-order valence-electron chi connectivity index (χ2n) is 7.50. The minimum Gasteiger partial charge on any atom is -0.455 e. The van der Waals surface area contributed by atoms with E-state index in [1.807, 2.05) is 0 Å². The predicted molar refractivity (Wildman–Crippen MR) is 125 cm³/mol. The van der Waals surface area contributed by atoms with Crippen LogP contribution in [0, 0.1) is 5.82 Å². The lowest BCUT2D eigenvalue weighted by Crippen LogP contribution is -2.34. The van der Waals surface area contributed by atoms with Crippen molar-refractivity contribution < 1.29 is 18.7 Å². The molecule has 0 radical (unpaired) electrons. The normalized spacial score (nSPS) is 12.2. The van der Waals surface area contributed by atoms with Gasteiger partial charge in [-0.05, 0) is 35.9 Å². The van der Waals surface area contributed by atoms with Crippen molar-refractivity contribution in [2.75, 3.05) is 10.6 Å². The van der Waals surface area contributed by atoms with Gasteiger partial charge in [0, 0.05) is 24.2 Å². The number of ether oxygens (including phenoxy) is 1. The number of aromatic nitrogens is 3. The third-order valence-electron chi connectivity index (χ3n) is 5.22. The van der Waals surface area contributed by atoms with Gasteiger partial charge in [-0.25, -0.2) is 19.2 Å². The fraction of sp³-hybridized carbons (Fsp3) is 0.0417. The first kappa shape index (κ1) is 21.8. The highest BCUT2D eigenvalue weighted by Crippen LogP contribution is 2.30. The fourth-order valence-electron chi connectivity index (χ4n) is 3.49. The molecule has 1 aliphatic heterocycles. The maximum atomic E-state index is 13.2. The molecule has 3 amide bonds. The topological polar surface area (TPSA) is 138 Å². The van der Waals surface area contributed by atoms with Crippen molar-refractivity contribution in [3.63, 3.8) is 0 Å². The first-order valence-corrected chi connectivity index (χ1v) is 10.4. The van der Waals surface area contributed by atoms with Crippen LogP contribution >= 0.6 is 0 Å². The molecule has 0 aliphatic carbocycles. The number of nitrogens with one attached hydrogen (secondary N) is 4. The van der Waals surface area contributed by atoms with E-state index in [2.05, 4.69) is 30.9 Å². The van der Waals surface area contributed by atoms with Crippen LogP contribution in [-0.2, 0) is 6.54 Å². The molecule has 35 heavy (non-hydrogen) atoms. The lowest BCUT2D eigenvalue weighted by Gasteiger charge is -2.19. The zero-order chi connectivity index (χ0) is 24.4. The smallest absolute Gasteiger partial charge is 0.320 e. The van der Waals surface area contributed by atoms with E-state index in [1.54, 1.807) is 12.1 Å². The molecule has 0 saturated heterocycles. The Morgan fingerprint density at radius 2 is 1.86 bits per heavy atom. The van der Waals surface area contributed by atoms with Gasteiger partial charge in [-0.3, -0.25) is 14.9 Å². The lowest BCUT2D eigenvalue weighted by atomic mass is 10.1. The number of carbonyl (C=O) groups is 2. The monoisotopic (exact) mass is 472 g/mol. The zero-order valence-electron chi connectivity index (χ0n) is 18.0. The third-order valence-corrected chi connectivity index (χ3v) is 5.22. The number of anilines is 2. The van der Waals surface area contributed by atoms with Crippen LogP contribution in [0.1, 0.15) is 15.9 Å². The Bertz CT molecular complexity index is 1490. The summed E-state index contributed by atoms with van der Waals surface area (Å²) < 4.78 is 19.1. The molecule has 0 fully saturated rings. The molecule has 174 valence electrons. The highest BCUT2D eigenvalue weighted by Gasteiger charge is 2.20. The molecule has 5 rings (SSSR count). The van der Waals surface area contributed by atoms with Crippen LogP contribution in [0.25, 0.3) is 11.1 Å². The summed E-state index contributed by atoms with van der Waals surface area (Å²) in [5.74, 6) is 0.428. The van der Waals surface area contributed by atoms with E-state index in [4.69, 9.17) is 4.74 Å². The Morgan fingerprint density at radius 3 is 2.63 bits per heavy atom. The maximum absolute atomic E-state index is 13.2. The molecule has 0 saturated carbocycles. The summed E-state index contributed by atoms with van der Waals surface area (Å²) in [6.07, 6.45) is 5.67. The van der Waals surface area contributed by atoms with Crippen molar-refractivity contribution in [1.29, 1.82) is 0 Å². The van der Waals surface area contributed by atoms with Crippen LogP contribution in [0.3, 0.4) is 0 Å². The van der Waals surface area contributed by atoms with Gasteiger partial charge in [0.05, 0.1) is 18.3 Å². The number of rotatable bonds is 5. The highest BCUT2D eigenvalue weighted by atomic mass is 19.1. The Hall–Kier alpha value is -5.06. The number of amides is 3. The van der Waals surface area contributed by atoms with Gasteiger partial charge >= 0.3 is 6.03 Å². The largest absolute Gasteiger partial charge is 0.455 e. The molecule has 1 aromatic carbocycles. The number of pyridine rings is 3.